The van der Waals surface area contributed by atoms with E-state index >= 15 is 0 Å². The van der Waals surface area contributed by atoms with Crippen molar-refractivity contribution in [1.29, 1.82) is 0 Å². The number of carbonyl (C=O) groups excluding carboxylic acids is 1. The molecular weight excluding hydrogens is 303 g/mol. The minimum atomic E-state index is -4.39. The van der Waals surface area contributed by atoms with E-state index in [0.29, 0.717) is 6.54 Å². The van der Waals surface area contributed by atoms with Gasteiger partial charge in [-0.25, -0.2) is 0 Å². The van der Waals surface area contributed by atoms with E-state index < -0.39 is 11.7 Å². The third-order valence-corrected chi connectivity index (χ3v) is 4.06. The Balaban J connectivity index is 1.90. The summed E-state index contributed by atoms with van der Waals surface area (Å²) >= 11 is 0. The molecule has 1 heterocycles. The predicted octanol–water partition coefficient (Wildman–Crippen LogP) is 4.61. The van der Waals surface area contributed by atoms with Gasteiger partial charge in [0.1, 0.15) is 0 Å². The topological polar surface area (TPSA) is 20.3 Å². The molecule has 3 rings (SSSR count). The number of hydrogen-bond acceptors (Lipinski definition) is 1. The number of aryl methyl sites for hydroxylation is 2. The number of carbonyl (C=O) groups is 1. The van der Waals surface area contributed by atoms with Crippen molar-refractivity contribution in [3.05, 3.63) is 64.7 Å². The highest BCUT2D eigenvalue weighted by Crippen LogP contribution is 2.31. The molecule has 1 aliphatic rings. The lowest BCUT2D eigenvalue weighted by Gasteiger charge is -2.30. The normalized spacial score (nSPS) is 14.5. The largest absolute Gasteiger partial charge is 0.416 e. The first-order chi connectivity index (χ1) is 10.9. The molecule has 0 saturated heterocycles. The molecule has 0 radical (unpaired) electrons. The molecule has 0 aromatic heterocycles. The minimum absolute atomic E-state index is 0.261. The van der Waals surface area contributed by atoms with Crippen LogP contribution < -0.4 is 4.90 Å². The first-order valence-electron chi connectivity index (χ1n) is 7.45. The van der Waals surface area contributed by atoms with Crippen LogP contribution >= 0.6 is 0 Å². The van der Waals surface area contributed by atoms with Crippen LogP contribution in [0.4, 0.5) is 18.9 Å². The van der Waals surface area contributed by atoms with Gasteiger partial charge in [-0.1, -0.05) is 17.7 Å². The van der Waals surface area contributed by atoms with Crippen molar-refractivity contribution >= 4 is 11.6 Å². The highest BCUT2D eigenvalue weighted by Gasteiger charge is 2.31. The smallest absolute Gasteiger partial charge is 0.308 e. The van der Waals surface area contributed by atoms with Crippen LogP contribution in [0.3, 0.4) is 0 Å². The molecule has 23 heavy (non-hydrogen) atoms. The molecule has 0 aliphatic carbocycles. The number of anilines is 1. The molecule has 2 aromatic carbocycles. The molecule has 2 aromatic rings. The highest BCUT2D eigenvalue weighted by atomic mass is 19.4. The number of nitrogens with zero attached hydrogens (tertiary/aromatic N) is 1. The molecule has 1 amide bonds. The Morgan fingerprint density at radius 3 is 2.43 bits per heavy atom. The number of amides is 1. The third kappa shape index (κ3) is 3.09. The fourth-order valence-electron chi connectivity index (χ4n) is 2.89. The molecular formula is C18H16F3NO. The molecule has 1 aliphatic heterocycles. The fourth-order valence-corrected chi connectivity index (χ4v) is 2.89. The van der Waals surface area contributed by atoms with E-state index in [-0.39, 0.29) is 11.5 Å². The molecule has 0 bridgehead atoms. The summed E-state index contributed by atoms with van der Waals surface area (Å²) in [5, 5.41) is 0. The summed E-state index contributed by atoms with van der Waals surface area (Å²) in [5.41, 5.74) is 2.62. The van der Waals surface area contributed by atoms with Gasteiger partial charge in [0.05, 0.1) is 5.56 Å². The van der Waals surface area contributed by atoms with Crippen molar-refractivity contribution in [1.82, 2.24) is 0 Å². The monoisotopic (exact) mass is 319 g/mol. The van der Waals surface area contributed by atoms with Gasteiger partial charge in [0, 0.05) is 17.8 Å². The standard InChI is InChI=1S/C18H16F3NO/c1-12-4-9-16-14(11-12)3-2-10-22(16)17(23)13-5-7-15(8-6-13)18(19,20)21/h4-9,11H,2-3,10H2,1H3. The van der Waals surface area contributed by atoms with Crippen molar-refractivity contribution in [2.75, 3.05) is 11.4 Å². The zero-order valence-electron chi connectivity index (χ0n) is 12.7. The second-order valence-electron chi connectivity index (χ2n) is 5.77. The Bertz CT molecular complexity index is 735. The number of hydrogen-bond donors (Lipinski definition) is 0. The quantitative estimate of drug-likeness (QED) is 0.752. The van der Waals surface area contributed by atoms with Crippen molar-refractivity contribution < 1.29 is 18.0 Å². The van der Waals surface area contributed by atoms with Crippen molar-refractivity contribution in [3.63, 3.8) is 0 Å². The number of alkyl halides is 3. The van der Waals surface area contributed by atoms with Gasteiger partial charge in [-0.05, 0) is 55.7 Å². The van der Waals surface area contributed by atoms with Crippen molar-refractivity contribution in [2.45, 2.75) is 25.9 Å². The Kier molecular flexibility index (Phi) is 3.88. The maximum Gasteiger partial charge on any atom is 0.416 e. The summed E-state index contributed by atoms with van der Waals surface area (Å²) in [7, 11) is 0. The van der Waals surface area contributed by atoms with Crippen LogP contribution in [0.1, 0.15) is 33.5 Å². The zero-order valence-corrected chi connectivity index (χ0v) is 12.7. The van der Waals surface area contributed by atoms with Crippen LogP contribution in [-0.4, -0.2) is 12.5 Å². The molecule has 0 N–H and O–H groups in total. The van der Waals surface area contributed by atoms with Gasteiger partial charge in [0.2, 0.25) is 0 Å². The van der Waals surface area contributed by atoms with Crippen LogP contribution in [0.15, 0.2) is 42.5 Å². The Morgan fingerprint density at radius 1 is 1.09 bits per heavy atom. The Hall–Kier alpha value is -2.30. The van der Waals surface area contributed by atoms with Gasteiger partial charge in [-0.2, -0.15) is 13.2 Å². The molecule has 0 atom stereocenters. The van der Waals surface area contributed by atoms with Gasteiger partial charge in [-0.15, -0.1) is 0 Å². The molecule has 0 saturated carbocycles. The Labute approximate surface area is 132 Å². The Morgan fingerprint density at radius 2 is 1.78 bits per heavy atom. The second-order valence-corrected chi connectivity index (χ2v) is 5.77. The maximum atomic E-state index is 12.7. The van der Waals surface area contributed by atoms with E-state index in [0.717, 1.165) is 41.8 Å². The molecule has 2 nitrogen and oxygen atoms in total. The van der Waals surface area contributed by atoms with E-state index in [4.69, 9.17) is 0 Å². The van der Waals surface area contributed by atoms with Crippen LogP contribution in [0.2, 0.25) is 0 Å². The number of halogens is 3. The van der Waals surface area contributed by atoms with Crippen LogP contribution in [0, 0.1) is 6.92 Å². The summed E-state index contributed by atoms with van der Waals surface area (Å²) < 4.78 is 37.8. The molecule has 5 heteroatoms. The number of rotatable bonds is 1. The van der Waals surface area contributed by atoms with E-state index in [2.05, 4.69) is 6.07 Å². The SMILES string of the molecule is Cc1ccc2c(c1)CCCN2C(=O)c1ccc(C(F)(F)F)cc1. The summed E-state index contributed by atoms with van der Waals surface area (Å²) in [6.07, 6.45) is -2.63. The average Bonchev–Trinajstić information content (AvgIpc) is 2.52. The van der Waals surface area contributed by atoms with Crippen LogP contribution in [0.25, 0.3) is 0 Å². The first kappa shape index (κ1) is 15.6. The van der Waals surface area contributed by atoms with E-state index in [1.807, 2.05) is 19.1 Å². The highest BCUT2D eigenvalue weighted by molar-refractivity contribution is 6.06. The van der Waals surface area contributed by atoms with Gasteiger partial charge in [0.15, 0.2) is 0 Å². The van der Waals surface area contributed by atoms with Crippen molar-refractivity contribution in [2.24, 2.45) is 0 Å². The molecule has 0 spiro atoms. The number of benzene rings is 2. The van der Waals surface area contributed by atoms with E-state index in [1.54, 1.807) is 4.90 Å². The molecule has 0 unspecified atom stereocenters. The van der Waals surface area contributed by atoms with Crippen LogP contribution in [-0.2, 0) is 12.6 Å². The van der Waals surface area contributed by atoms with Gasteiger partial charge in [0.25, 0.3) is 5.91 Å². The lowest BCUT2D eigenvalue weighted by molar-refractivity contribution is -0.137. The lowest BCUT2D eigenvalue weighted by Crippen LogP contribution is -2.35. The lowest BCUT2D eigenvalue weighted by atomic mass is 9.98. The predicted molar refractivity (Wildman–Crippen MR) is 82.6 cm³/mol. The van der Waals surface area contributed by atoms with E-state index in [1.165, 1.54) is 12.1 Å². The summed E-state index contributed by atoms with van der Waals surface area (Å²) in [6.45, 7) is 2.58. The van der Waals surface area contributed by atoms with E-state index in [9.17, 15) is 18.0 Å². The minimum Gasteiger partial charge on any atom is -0.308 e. The van der Waals surface area contributed by atoms with Crippen LogP contribution in [0.5, 0.6) is 0 Å². The zero-order chi connectivity index (χ0) is 16.6. The summed E-state index contributed by atoms with van der Waals surface area (Å²) in [4.78, 5) is 14.3. The third-order valence-electron chi connectivity index (χ3n) is 4.06. The van der Waals surface area contributed by atoms with Gasteiger partial charge < -0.3 is 4.90 Å². The maximum absolute atomic E-state index is 12.7. The summed E-state index contributed by atoms with van der Waals surface area (Å²) in [5.74, 6) is -0.261. The molecule has 0 fully saturated rings. The summed E-state index contributed by atoms with van der Waals surface area (Å²) in [6, 6.07) is 10.3. The number of fused-ring (bicyclic) bond motifs is 1. The first-order valence-corrected chi connectivity index (χ1v) is 7.45. The average molecular weight is 319 g/mol. The second kappa shape index (κ2) is 5.72. The van der Waals surface area contributed by atoms with Crippen molar-refractivity contribution in [3.8, 4) is 0 Å². The van der Waals surface area contributed by atoms with Gasteiger partial charge >= 0.3 is 6.18 Å². The molecule has 120 valence electrons. The van der Waals surface area contributed by atoms with Gasteiger partial charge in [-0.3, -0.25) is 4.79 Å². The fraction of sp³-hybridized carbons (Fsp3) is 0.278.